The summed E-state index contributed by atoms with van der Waals surface area (Å²) >= 11 is 2.93. The van der Waals surface area contributed by atoms with Gasteiger partial charge in [0.1, 0.15) is 0 Å². The van der Waals surface area contributed by atoms with Crippen molar-refractivity contribution >= 4 is 39.7 Å². The van der Waals surface area contributed by atoms with E-state index in [0.29, 0.717) is 11.8 Å². The summed E-state index contributed by atoms with van der Waals surface area (Å²) in [7, 11) is 0. The number of para-hydroxylation sites is 1. The Morgan fingerprint density at radius 3 is 2.78 bits per heavy atom. The molecular weight excluding hydrogens is 376 g/mol. The van der Waals surface area contributed by atoms with Crippen molar-refractivity contribution in [1.82, 2.24) is 14.8 Å². The second-order valence-electron chi connectivity index (χ2n) is 6.91. The monoisotopic (exact) mass is 398 g/mol. The van der Waals surface area contributed by atoms with Gasteiger partial charge in [0.2, 0.25) is 5.13 Å². The normalized spacial score (nSPS) is 13.7. The molecule has 0 bridgehead atoms. The van der Waals surface area contributed by atoms with Gasteiger partial charge in [0.05, 0.1) is 5.75 Å². The lowest BCUT2D eigenvalue weighted by molar-refractivity contribution is 0.102. The molecule has 0 saturated heterocycles. The third-order valence-corrected chi connectivity index (χ3v) is 6.79. The van der Waals surface area contributed by atoms with Crippen molar-refractivity contribution in [2.45, 2.75) is 44.0 Å². The number of rotatable bonds is 7. The molecular formula is C20H22N4OS2. The van der Waals surface area contributed by atoms with Crippen LogP contribution in [-0.2, 0) is 0 Å². The molecule has 1 aromatic carbocycles. The average Bonchev–Trinajstić information content (AvgIpc) is 3.30. The minimum Gasteiger partial charge on any atom is -0.345 e. The van der Waals surface area contributed by atoms with Crippen molar-refractivity contribution in [3.8, 4) is 0 Å². The van der Waals surface area contributed by atoms with Crippen LogP contribution < -0.4 is 5.32 Å². The molecule has 1 aliphatic carbocycles. The van der Waals surface area contributed by atoms with Crippen LogP contribution in [0.4, 0.5) is 10.8 Å². The highest BCUT2D eigenvalue weighted by Gasteiger charge is 2.28. The van der Waals surface area contributed by atoms with Gasteiger partial charge in [-0.15, -0.1) is 10.2 Å². The number of aromatic nitrogens is 3. The second kappa shape index (κ2) is 7.48. The number of thioether (sulfide) groups is 1. The molecule has 4 rings (SSSR count). The van der Waals surface area contributed by atoms with E-state index in [-0.39, 0.29) is 5.78 Å². The van der Waals surface area contributed by atoms with Gasteiger partial charge in [0.25, 0.3) is 0 Å². The molecule has 27 heavy (non-hydrogen) atoms. The lowest BCUT2D eigenvalue weighted by Gasteiger charge is -2.07. The number of nitrogens with one attached hydrogen (secondary N) is 1. The van der Waals surface area contributed by atoms with Crippen LogP contribution in [0.1, 0.15) is 46.2 Å². The van der Waals surface area contributed by atoms with Gasteiger partial charge in [-0.25, -0.2) is 0 Å². The number of carbonyl (C=O) groups excluding carboxylic acids is 1. The van der Waals surface area contributed by atoms with E-state index in [0.717, 1.165) is 32.0 Å². The molecule has 7 heteroatoms. The Morgan fingerprint density at radius 2 is 2.04 bits per heavy atom. The summed E-state index contributed by atoms with van der Waals surface area (Å²) in [5, 5.41) is 12.4. The van der Waals surface area contributed by atoms with E-state index in [9.17, 15) is 4.79 Å². The first kappa shape index (κ1) is 18.3. The van der Waals surface area contributed by atoms with Gasteiger partial charge >= 0.3 is 0 Å². The Balaban J connectivity index is 1.39. The Morgan fingerprint density at radius 1 is 1.26 bits per heavy atom. The SMILES string of the molecule is Cc1ccccc1Nc1nnc(SCC(=O)c2cc(C)n(C3CC3)c2C)s1. The van der Waals surface area contributed by atoms with Crippen molar-refractivity contribution in [3.63, 3.8) is 0 Å². The van der Waals surface area contributed by atoms with E-state index in [1.165, 1.54) is 41.6 Å². The quantitative estimate of drug-likeness (QED) is 0.431. The number of ketones is 1. The molecule has 0 atom stereocenters. The summed E-state index contributed by atoms with van der Waals surface area (Å²) in [5.41, 5.74) is 5.30. The fraction of sp³-hybridized carbons (Fsp3) is 0.350. The Bertz CT molecular complexity index is 988. The van der Waals surface area contributed by atoms with Crippen molar-refractivity contribution in [2.24, 2.45) is 0 Å². The number of anilines is 2. The molecule has 1 N–H and O–H groups in total. The highest BCUT2D eigenvalue weighted by Crippen LogP contribution is 2.38. The molecule has 0 amide bonds. The Kier molecular flexibility index (Phi) is 5.06. The number of Topliss-reactive ketones (excluding diaryl/α,β-unsaturated/α-hetero) is 1. The van der Waals surface area contributed by atoms with E-state index < -0.39 is 0 Å². The highest BCUT2D eigenvalue weighted by atomic mass is 32.2. The topological polar surface area (TPSA) is 59.8 Å². The van der Waals surface area contributed by atoms with Crippen LogP contribution in [0.3, 0.4) is 0 Å². The molecule has 0 unspecified atom stereocenters. The Hall–Kier alpha value is -2.12. The molecule has 0 spiro atoms. The first-order valence-electron chi connectivity index (χ1n) is 9.03. The lowest BCUT2D eigenvalue weighted by Crippen LogP contribution is -2.05. The standard InChI is InChI=1S/C20H22N4OS2/c1-12-6-4-5-7-17(12)21-19-22-23-20(27-19)26-11-18(25)16-10-13(2)24(14(16)3)15-8-9-15/h4-7,10,15H,8-9,11H2,1-3H3,(H,21,22). The number of benzene rings is 1. The minimum atomic E-state index is 0.156. The fourth-order valence-corrected chi connectivity index (χ4v) is 4.95. The molecule has 3 aromatic rings. The van der Waals surface area contributed by atoms with Gasteiger partial charge in [-0.2, -0.15) is 0 Å². The van der Waals surface area contributed by atoms with Crippen LogP contribution >= 0.6 is 23.1 Å². The van der Waals surface area contributed by atoms with Gasteiger partial charge in [-0.05, 0) is 51.3 Å². The zero-order valence-electron chi connectivity index (χ0n) is 15.7. The van der Waals surface area contributed by atoms with Crippen LogP contribution in [0.25, 0.3) is 0 Å². The predicted octanol–water partition coefficient (Wildman–Crippen LogP) is 5.32. The van der Waals surface area contributed by atoms with Crippen LogP contribution in [0.5, 0.6) is 0 Å². The van der Waals surface area contributed by atoms with Crippen molar-refractivity contribution < 1.29 is 4.79 Å². The number of carbonyl (C=O) groups is 1. The zero-order valence-corrected chi connectivity index (χ0v) is 17.3. The van der Waals surface area contributed by atoms with Gasteiger partial charge in [0.15, 0.2) is 10.1 Å². The van der Waals surface area contributed by atoms with E-state index in [1.807, 2.05) is 24.3 Å². The number of nitrogens with zero attached hydrogens (tertiary/aromatic N) is 3. The molecule has 2 aromatic heterocycles. The van der Waals surface area contributed by atoms with Gasteiger partial charge in [0, 0.05) is 28.7 Å². The van der Waals surface area contributed by atoms with Gasteiger partial charge < -0.3 is 9.88 Å². The van der Waals surface area contributed by atoms with E-state index in [4.69, 9.17) is 0 Å². The first-order valence-corrected chi connectivity index (χ1v) is 10.8. The lowest BCUT2D eigenvalue weighted by atomic mass is 10.2. The fourth-order valence-electron chi connectivity index (χ4n) is 3.31. The molecule has 140 valence electrons. The van der Waals surface area contributed by atoms with E-state index >= 15 is 0 Å². The largest absolute Gasteiger partial charge is 0.345 e. The number of aryl methyl sites for hydroxylation is 2. The molecule has 1 fully saturated rings. The van der Waals surface area contributed by atoms with Gasteiger partial charge in [-0.3, -0.25) is 4.79 Å². The van der Waals surface area contributed by atoms with Crippen LogP contribution in [0, 0.1) is 20.8 Å². The van der Waals surface area contributed by atoms with Crippen LogP contribution in [0.15, 0.2) is 34.7 Å². The second-order valence-corrected chi connectivity index (χ2v) is 9.11. The summed E-state index contributed by atoms with van der Waals surface area (Å²) in [6.07, 6.45) is 2.44. The molecule has 0 radical (unpaired) electrons. The first-order chi connectivity index (χ1) is 13.0. The third kappa shape index (κ3) is 3.94. The summed E-state index contributed by atoms with van der Waals surface area (Å²) < 4.78 is 3.11. The van der Waals surface area contributed by atoms with E-state index in [1.54, 1.807) is 0 Å². The van der Waals surface area contributed by atoms with Crippen molar-refractivity contribution in [1.29, 1.82) is 0 Å². The number of hydrogen-bond donors (Lipinski definition) is 1. The molecule has 5 nitrogen and oxygen atoms in total. The summed E-state index contributed by atoms with van der Waals surface area (Å²) in [6, 6.07) is 10.7. The van der Waals surface area contributed by atoms with Crippen LogP contribution in [-0.4, -0.2) is 26.3 Å². The maximum absolute atomic E-state index is 12.7. The van der Waals surface area contributed by atoms with Crippen molar-refractivity contribution in [2.75, 3.05) is 11.1 Å². The summed E-state index contributed by atoms with van der Waals surface area (Å²) in [4.78, 5) is 12.7. The van der Waals surface area contributed by atoms with E-state index in [2.05, 4.69) is 46.9 Å². The van der Waals surface area contributed by atoms with Crippen LogP contribution in [0.2, 0.25) is 0 Å². The van der Waals surface area contributed by atoms with Crippen molar-refractivity contribution in [3.05, 3.63) is 52.8 Å². The van der Waals surface area contributed by atoms with Gasteiger partial charge in [-0.1, -0.05) is 41.3 Å². The maximum atomic E-state index is 12.7. The Labute approximate surface area is 167 Å². The molecule has 0 aliphatic heterocycles. The summed E-state index contributed by atoms with van der Waals surface area (Å²) in [5.74, 6) is 0.539. The molecule has 1 aliphatic rings. The zero-order chi connectivity index (χ0) is 19.0. The third-order valence-electron chi connectivity index (χ3n) is 4.82. The molecule has 2 heterocycles. The summed E-state index contributed by atoms with van der Waals surface area (Å²) in [6.45, 7) is 6.19. The highest BCUT2D eigenvalue weighted by molar-refractivity contribution is 8.01. The average molecular weight is 399 g/mol. The smallest absolute Gasteiger partial charge is 0.210 e. The predicted molar refractivity (Wildman–Crippen MR) is 112 cm³/mol. The maximum Gasteiger partial charge on any atom is 0.210 e. The minimum absolute atomic E-state index is 0.156. The molecule has 1 saturated carbocycles. The number of hydrogen-bond acceptors (Lipinski definition) is 6.